The number of halogens is 1. The Labute approximate surface area is 121 Å². The van der Waals surface area contributed by atoms with Gasteiger partial charge in [-0.15, -0.1) is 0 Å². The third-order valence-electron chi connectivity index (χ3n) is 2.81. The minimum absolute atomic E-state index is 0.0613. The lowest BCUT2D eigenvalue weighted by atomic mass is 10.1. The smallest absolute Gasteiger partial charge is 0.130 e. The van der Waals surface area contributed by atoms with Gasteiger partial charge in [-0.2, -0.15) is 0 Å². The Morgan fingerprint density at radius 2 is 2.05 bits per heavy atom. The average Bonchev–Trinajstić information content (AvgIpc) is 2.46. The van der Waals surface area contributed by atoms with Gasteiger partial charge in [-0.25, -0.2) is 4.39 Å². The van der Waals surface area contributed by atoms with Crippen LogP contribution >= 0.6 is 12.2 Å². The molecule has 0 spiro atoms. The van der Waals surface area contributed by atoms with Crippen LogP contribution in [0.3, 0.4) is 0 Å². The van der Waals surface area contributed by atoms with Crippen LogP contribution in [0.1, 0.15) is 16.7 Å². The summed E-state index contributed by atoms with van der Waals surface area (Å²) in [6.07, 6.45) is 0. The molecule has 2 aromatic carbocycles. The third kappa shape index (κ3) is 3.53. The highest BCUT2D eigenvalue weighted by atomic mass is 32.1. The molecule has 0 fully saturated rings. The fourth-order valence-electron chi connectivity index (χ4n) is 1.71. The van der Waals surface area contributed by atoms with Crippen LogP contribution in [0, 0.1) is 5.82 Å². The van der Waals surface area contributed by atoms with Crippen LogP contribution in [0.2, 0.25) is 0 Å². The lowest BCUT2D eigenvalue weighted by Crippen LogP contribution is -2.10. The van der Waals surface area contributed by atoms with Gasteiger partial charge in [0.05, 0.1) is 6.61 Å². The first-order chi connectivity index (χ1) is 9.60. The van der Waals surface area contributed by atoms with Gasteiger partial charge in [0.15, 0.2) is 0 Å². The van der Waals surface area contributed by atoms with Gasteiger partial charge >= 0.3 is 0 Å². The van der Waals surface area contributed by atoms with E-state index in [1.54, 1.807) is 36.4 Å². The SMILES string of the molecule is NC(=S)c1ccc(COc2cccc(CO)c2)c(F)c1. The molecule has 0 heterocycles. The highest BCUT2D eigenvalue weighted by Gasteiger charge is 2.06. The number of aliphatic hydroxyl groups is 1. The van der Waals surface area contributed by atoms with Crippen molar-refractivity contribution < 1.29 is 14.2 Å². The molecule has 0 radical (unpaired) electrons. The zero-order chi connectivity index (χ0) is 14.5. The van der Waals surface area contributed by atoms with E-state index < -0.39 is 5.82 Å². The number of nitrogens with two attached hydrogens (primary N) is 1. The van der Waals surface area contributed by atoms with Crippen LogP contribution in [0.4, 0.5) is 4.39 Å². The van der Waals surface area contributed by atoms with Crippen molar-refractivity contribution in [2.45, 2.75) is 13.2 Å². The van der Waals surface area contributed by atoms with Crippen molar-refractivity contribution in [3.63, 3.8) is 0 Å². The summed E-state index contributed by atoms with van der Waals surface area (Å²) in [5.41, 5.74) is 7.09. The molecule has 3 N–H and O–H groups in total. The minimum atomic E-state index is -0.409. The molecule has 0 bridgehead atoms. The molecule has 0 aliphatic rings. The predicted octanol–water partition coefficient (Wildman–Crippen LogP) is 2.53. The Kier molecular flexibility index (Phi) is 4.65. The molecular formula is C15H14FNO2S. The number of rotatable bonds is 5. The molecule has 5 heteroatoms. The Morgan fingerprint density at radius 3 is 2.70 bits per heavy atom. The van der Waals surface area contributed by atoms with Crippen LogP contribution in [0.25, 0.3) is 0 Å². The number of aliphatic hydroxyl groups excluding tert-OH is 1. The summed E-state index contributed by atoms with van der Waals surface area (Å²) >= 11 is 4.79. The van der Waals surface area contributed by atoms with Gasteiger partial charge in [-0.3, -0.25) is 0 Å². The lowest BCUT2D eigenvalue weighted by Gasteiger charge is -2.09. The van der Waals surface area contributed by atoms with Crippen LogP contribution in [0.15, 0.2) is 42.5 Å². The molecule has 0 aliphatic heterocycles. The van der Waals surface area contributed by atoms with Gasteiger partial charge in [0.1, 0.15) is 23.2 Å². The van der Waals surface area contributed by atoms with Gasteiger partial charge in [0.2, 0.25) is 0 Å². The summed E-state index contributed by atoms with van der Waals surface area (Å²) in [5.74, 6) is 0.169. The molecule has 0 atom stereocenters. The monoisotopic (exact) mass is 291 g/mol. The molecule has 20 heavy (non-hydrogen) atoms. The maximum atomic E-state index is 13.8. The molecule has 0 aliphatic carbocycles. The van der Waals surface area contributed by atoms with Crippen LogP contribution in [-0.2, 0) is 13.2 Å². The number of hydrogen-bond donors (Lipinski definition) is 2. The normalized spacial score (nSPS) is 10.3. The van der Waals surface area contributed by atoms with Gasteiger partial charge in [0.25, 0.3) is 0 Å². The van der Waals surface area contributed by atoms with Crippen molar-refractivity contribution in [3.05, 3.63) is 65.0 Å². The fraction of sp³-hybridized carbons (Fsp3) is 0.133. The van der Waals surface area contributed by atoms with E-state index in [1.165, 1.54) is 6.07 Å². The van der Waals surface area contributed by atoms with E-state index in [0.29, 0.717) is 16.9 Å². The first kappa shape index (κ1) is 14.4. The molecule has 2 aromatic rings. The summed E-state index contributed by atoms with van der Waals surface area (Å²) in [5, 5.41) is 9.03. The molecule has 2 rings (SSSR count). The molecular weight excluding hydrogens is 277 g/mol. The number of hydrogen-bond acceptors (Lipinski definition) is 3. The van der Waals surface area contributed by atoms with Crippen LogP contribution in [0.5, 0.6) is 5.75 Å². The molecule has 0 amide bonds. The molecule has 104 valence electrons. The quantitative estimate of drug-likeness (QED) is 0.831. The summed E-state index contributed by atoms with van der Waals surface area (Å²) in [6, 6.07) is 11.6. The summed E-state index contributed by atoms with van der Waals surface area (Å²) in [4.78, 5) is 0.159. The molecule has 0 unspecified atom stereocenters. The lowest BCUT2D eigenvalue weighted by molar-refractivity contribution is 0.277. The maximum Gasteiger partial charge on any atom is 0.130 e. The predicted molar refractivity (Wildman–Crippen MR) is 79.0 cm³/mol. The highest BCUT2D eigenvalue weighted by molar-refractivity contribution is 7.80. The Morgan fingerprint density at radius 1 is 1.25 bits per heavy atom. The van der Waals surface area contributed by atoms with Crippen molar-refractivity contribution in [1.29, 1.82) is 0 Å². The van der Waals surface area contributed by atoms with Gasteiger partial charge in [0, 0.05) is 11.1 Å². The number of benzene rings is 2. The van der Waals surface area contributed by atoms with Crippen molar-refractivity contribution in [2.24, 2.45) is 5.73 Å². The van der Waals surface area contributed by atoms with E-state index in [-0.39, 0.29) is 18.2 Å². The van der Waals surface area contributed by atoms with Crippen molar-refractivity contribution in [1.82, 2.24) is 0 Å². The first-order valence-corrected chi connectivity index (χ1v) is 6.42. The minimum Gasteiger partial charge on any atom is -0.489 e. The molecule has 0 saturated heterocycles. The van der Waals surface area contributed by atoms with Gasteiger partial charge in [-0.05, 0) is 23.8 Å². The summed E-state index contributed by atoms with van der Waals surface area (Å²) in [7, 11) is 0. The molecule has 3 nitrogen and oxygen atoms in total. The van der Waals surface area contributed by atoms with E-state index in [9.17, 15) is 4.39 Å². The van der Waals surface area contributed by atoms with E-state index >= 15 is 0 Å². The largest absolute Gasteiger partial charge is 0.489 e. The van der Waals surface area contributed by atoms with Crippen molar-refractivity contribution in [3.8, 4) is 5.75 Å². The van der Waals surface area contributed by atoms with Gasteiger partial charge < -0.3 is 15.6 Å². The fourth-order valence-corrected chi connectivity index (χ4v) is 1.84. The van der Waals surface area contributed by atoms with Crippen LogP contribution < -0.4 is 10.5 Å². The maximum absolute atomic E-state index is 13.8. The van der Waals surface area contributed by atoms with E-state index in [2.05, 4.69) is 0 Å². The first-order valence-electron chi connectivity index (χ1n) is 6.01. The summed E-state index contributed by atoms with van der Waals surface area (Å²) < 4.78 is 19.3. The topological polar surface area (TPSA) is 55.5 Å². The second-order valence-electron chi connectivity index (χ2n) is 4.26. The van der Waals surface area contributed by atoms with E-state index in [4.69, 9.17) is 27.8 Å². The number of thiocarbonyl (C=S) groups is 1. The average molecular weight is 291 g/mol. The highest BCUT2D eigenvalue weighted by Crippen LogP contribution is 2.17. The molecule has 0 aromatic heterocycles. The third-order valence-corrected chi connectivity index (χ3v) is 3.05. The van der Waals surface area contributed by atoms with E-state index in [0.717, 1.165) is 5.56 Å². The zero-order valence-electron chi connectivity index (χ0n) is 10.7. The van der Waals surface area contributed by atoms with E-state index in [1.807, 2.05) is 0 Å². The zero-order valence-corrected chi connectivity index (χ0v) is 11.5. The van der Waals surface area contributed by atoms with Crippen LogP contribution in [-0.4, -0.2) is 10.1 Å². The van der Waals surface area contributed by atoms with Crippen molar-refractivity contribution >= 4 is 17.2 Å². The second kappa shape index (κ2) is 6.45. The second-order valence-corrected chi connectivity index (χ2v) is 4.70. The molecule has 0 saturated carbocycles. The standard InChI is InChI=1S/C15H14FNO2S/c16-14-7-11(15(17)20)4-5-12(14)9-19-13-3-1-2-10(6-13)8-18/h1-7,18H,8-9H2,(H2,17,20). The Hall–Kier alpha value is -1.98. The number of ether oxygens (including phenoxy) is 1. The van der Waals surface area contributed by atoms with Gasteiger partial charge in [-0.1, -0.05) is 36.5 Å². The summed E-state index contributed by atoms with van der Waals surface area (Å²) in [6.45, 7) is 0.0343. The Balaban J connectivity index is 2.08. The Bertz CT molecular complexity index is 631. The van der Waals surface area contributed by atoms with Crippen molar-refractivity contribution in [2.75, 3.05) is 0 Å².